The van der Waals surface area contributed by atoms with Crippen LogP contribution in [-0.4, -0.2) is 36.1 Å². The fourth-order valence-corrected chi connectivity index (χ4v) is 5.36. The van der Waals surface area contributed by atoms with Crippen LogP contribution in [-0.2, 0) is 6.42 Å². The standard InChI is InChI=1S/C25H31Cl2N3O/c1-17-21(27)4-2-5-22(17)28-25(31)29-23-6-3-7-24(23)30-14-12-19(13-15-30)16-18-8-10-20(26)11-9-18/h2,4-5,8-11,19,23-24H,3,6-7,12-16H2,1H3,(H2,28,29,31). The van der Waals surface area contributed by atoms with E-state index >= 15 is 0 Å². The summed E-state index contributed by atoms with van der Waals surface area (Å²) >= 11 is 12.2. The van der Waals surface area contributed by atoms with Gasteiger partial charge >= 0.3 is 6.03 Å². The molecule has 6 heteroatoms. The first-order chi connectivity index (χ1) is 15.0. The minimum atomic E-state index is -0.139. The van der Waals surface area contributed by atoms with Crippen LogP contribution in [0, 0.1) is 12.8 Å². The predicted molar refractivity (Wildman–Crippen MR) is 129 cm³/mol. The summed E-state index contributed by atoms with van der Waals surface area (Å²) < 4.78 is 0. The van der Waals surface area contributed by atoms with Gasteiger partial charge in [0.1, 0.15) is 0 Å². The lowest BCUT2D eigenvalue weighted by Gasteiger charge is -2.38. The van der Waals surface area contributed by atoms with Crippen LogP contribution in [0.25, 0.3) is 0 Å². The molecule has 2 fully saturated rings. The molecule has 1 heterocycles. The van der Waals surface area contributed by atoms with Gasteiger partial charge in [-0.2, -0.15) is 0 Å². The Morgan fingerprint density at radius 1 is 1.03 bits per heavy atom. The van der Waals surface area contributed by atoms with Gasteiger partial charge in [-0.3, -0.25) is 4.90 Å². The van der Waals surface area contributed by atoms with Crippen molar-refractivity contribution < 1.29 is 4.79 Å². The van der Waals surface area contributed by atoms with Crippen LogP contribution in [0.3, 0.4) is 0 Å². The highest BCUT2D eigenvalue weighted by Crippen LogP contribution is 2.30. The van der Waals surface area contributed by atoms with Crippen LogP contribution in [0.2, 0.25) is 10.0 Å². The van der Waals surface area contributed by atoms with E-state index in [1.54, 1.807) is 0 Å². The molecule has 0 spiro atoms. The largest absolute Gasteiger partial charge is 0.334 e. The topological polar surface area (TPSA) is 44.4 Å². The molecule has 2 atom stereocenters. The van der Waals surface area contributed by atoms with Crippen molar-refractivity contribution in [1.82, 2.24) is 10.2 Å². The Morgan fingerprint density at radius 2 is 1.77 bits per heavy atom. The van der Waals surface area contributed by atoms with E-state index in [0.717, 1.165) is 61.0 Å². The minimum Gasteiger partial charge on any atom is -0.334 e. The summed E-state index contributed by atoms with van der Waals surface area (Å²) in [5.41, 5.74) is 3.03. The Morgan fingerprint density at radius 3 is 2.52 bits per heavy atom. The van der Waals surface area contributed by atoms with Crippen molar-refractivity contribution in [2.24, 2.45) is 5.92 Å². The van der Waals surface area contributed by atoms with Gasteiger partial charge in [0.05, 0.1) is 0 Å². The van der Waals surface area contributed by atoms with E-state index in [1.807, 2.05) is 37.3 Å². The molecule has 1 aliphatic heterocycles. The third-order valence-corrected chi connectivity index (χ3v) is 7.53. The summed E-state index contributed by atoms with van der Waals surface area (Å²) in [6, 6.07) is 14.3. The molecule has 2 aromatic rings. The second-order valence-electron chi connectivity index (χ2n) is 8.93. The lowest BCUT2D eigenvalue weighted by Crippen LogP contribution is -2.52. The molecule has 166 valence electrons. The molecule has 1 aliphatic carbocycles. The molecule has 31 heavy (non-hydrogen) atoms. The van der Waals surface area contributed by atoms with Crippen LogP contribution in [0.15, 0.2) is 42.5 Å². The third kappa shape index (κ3) is 5.74. The summed E-state index contributed by atoms with van der Waals surface area (Å²) in [4.78, 5) is 15.2. The second-order valence-corrected chi connectivity index (χ2v) is 9.77. The van der Waals surface area contributed by atoms with Crippen molar-refractivity contribution in [2.45, 2.75) is 57.5 Å². The second kappa shape index (κ2) is 10.2. The Kier molecular flexibility index (Phi) is 7.42. The van der Waals surface area contributed by atoms with E-state index in [9.17, 15) is 4.79 Å². The monoisotopic (exact) mass is 459 g/mol. The molecule has 4 nitrogen and oxygen atoms in total. The molecular formula is C25H31Cl2N3O. The maximum Gasteiger partial charge on any atom is 0.319 e. The van der Waals surface area contributed by atoms with Gasteiger partial charge in [0.15, 0.2) is 0 Å². The number of likely N-dealkylation sites (tertiary alicyclic amines) is 1. The predicted octanol–water partition coefficient (Wildman–Crippen LogP) is 6.30. The van der Waals surface area contributed by atoms with E-state index in [-0.39, 0.29) is 12.1 Å². The lowest BCUT2D eigenvalue weighted by atomic mass is 9.89. The first-order valence-electron chi connectivity index (χ1n) is 11.3. The molecule has 0 aromatic heterocycles. The van der Waals surface area contributed by atoms with Crippen molar-refractivity contribution in [3.8, 4) is 0 Å². The van der Waals surface area contributed by atoms with Crippen molar-refractivity contribution in [3.05, 3.63) is 63.6 Å². The average molecular weight is 460 g/mol. The zero-order valence-electron chi connectivity index (χ0n) is 18.0. The number of halogens is 2. The fourth-order valence-electron chi connectivity index (χ4n) is 5.06. The Balaban J connectivity index is 1.28. The van der Waals surface area contributed by atoms with Gasteiger partial charge in [-0.1, -0.05) is 41.4 Å². The number of anilines is 1. The summed E-state index contributed by atoms with van der Waals surface area (Å²) in [5.74, 6) is 0.722. The summed E-state index contributed by atoms with van der Waals surface area (Å²) in [6.45, 7) is 4.14. The molecule has 2 aromatic carbocycles. The van der Waals surface area contributed by atoms with Gasteiger partial charge in [0.2, 0.25) is 0 Å². The number of urea groups is 1. The number of nitrogens with zero attached hydrogens (tertiary/aromatic N) is 1. The van der Waals surface area contributed by atoms with Crippen LogP contribution in [0.1, 0.15) is 43.2 Å². The van der Waals surface area contributed by atoms with E-state index in [2.05, 4.69) is 27.7 Å². The lowest BCUT2D eigenvalue weighted by molar-refractivity contribution is 0.119. The maximum absolute atomic E-state index is 12.6. The number of amides is 2. The molecule has 2 aliphatic rings. The highest BCUT2D eigenvalue weighted by molar-refractivity contribution is 6.31. The number of hydrogen-bond donors (Lipinski definition) is 2. The van der Waals surface area contributed by atoms with Crippen LogP contribution in [0.5, 0.6) is 0 Å². The zero-order chi connectivity index (χ0) is 21.8. The molecule has 2 N–H and O–H groups in total. The van der Waals surface area contributed by atoms with Gasteiger partial charge in [0.25, 0.3) is 0 Å². The van der Waals surface area contributed by atoms with Crippen LogP contribution < -0.4 is 10.6 Å². The number of carbonyl (C=O) groups excluding carboxylic acids is 1. The van der Waals surface area contributed by atoms with Gasteiger partial charge in [-0.25, -0.2) is 4.79 Å². The Bertz CT molecular complexity index is 894. The van der Waals surface area contributed by atoms with Crippen LogP contribution >= 0.6 is 23.2 Å². The minimum absolute atomic E-state index is 0.139. The molecule has 0 radical (unpaired) electrons. The van der Waals surface area contributed by atoms with E-state index in [1.165, 1.54) is 18.4 Å². The number of rotatable bonds is 5. The number of benzene rings is 2. The molecular weight excluding hydrogens is 429 g/mol. The number of piperidine rings is 1. The highest BCUT2D eigenvalue weighted by Gasteiger charge is 2.35. The molecule has 1 saturated carbocycles. The van der Waals surface area contributed by atoms with Crippen molar-refractivity contribution in [2.75, 3.05) is 18.4 Å². The third-order valence-electron chi connectivity index (χ3n) is 6.87. The van der Waals surface area contributed by atoms with Gasteiger partial charge < -0.3 is 10.6 Å². The zero-order valence-corrected chi connectivity index (χ0v) is 19.6. The van der Waals surface area contributed by atoms with E-state index in [0.29, 0.717) is 11.1 Å². The molecule has 0 bridgehead atoms. The summed E-state index contributed by atoms with van der Waals surface area (Å²) in [6.07, 6.45) is 6.90. The summed E-state index contributed by atoms with van der Waals surface area (Å²) in [7, 11) is 0. The maximum atomic E-state index is 12.6. The molecule has 2 unspecified atom stereocenters. The van der Waals surface area contributed by atoms with E-state index in [4.69, 9.17) is 23.2 Å². The SMILES string of the molecule is Cc1c(Cl)cccc1NC(=O)NC1CCCC1N1CCC(Cc2ccc(Cl)cc2)CC1. The number of carbonyl (C=O) groups is 1. The number of hydrogen-bond acceptors (Lipinski definition) is 2. The Hall–Kier alpha value is -1.75. The molecule has 1 saturated heterocycles. The van der Waals surface area contributed by atoms with Gasteiger partial charge in [-0.05, 0) is 99.8 Å². The average Bonchev–Trinajstić information content (AvgIpc) is 3.21. The fraction of sp³-hybridized carbons (Fsp3) is 0.480. The van der Waals surface area contributed by atoms with Gasteiger partial charge in [-0.15, -0.1) is 0 Å². The molecule has 2 amide bonds. The number of nitrogens with one attached hydrogen (secondary N) is 2. The van der Waals surface area contributed by atoms with Crippen molar-refractivity contribution in [1.29, 1.82) is 0 Å². The Labute approximate surface area is 195 Å². The first-order valence-corrected chi connectivity index (χ1v) is 12.1. The summed E-state index contributed by atoms with van der Waals surface area (Å²) in [5, 5.41) is 7.67. The quantitative estimate of drug-likeness (QED) is 0.550. The normalized spacial score (nSPS) is 22.4. The van der Waals surface area contributed by atoms with E-state index < -0.39 is 0 Å². The van der Waals surface area contributed by atoms with Gasteiger partial charge in [0, 0.05) is 27.8 Å². The van der Waals surface area contributed by atoms with Crippen LogP contribution in [0.4, 0.5) is 10.5 Å². The first kappa shape index (κ1) is 22.4. The molecule has 4 rings (SSSR count). The smallest absolute Gasteiger partial charge is 0.319 e. The highest BCUT2D eigenvalue weighted by atomic mass is 35.5. The van der Waals surface area contributed by atoms with Crippen molar-refractivity contribution >= 4 is 34.9 Å². The van der Waals surface area contributed by atoms with Crippen molar-refractivity contribution in [3.63, 3.8) is 0 Å².